The van der Waals surface area contributed by atoms with E-state index in [0.29, 0.717) is 32.2 Å². The molecule has 0 saturated heterocycles. The lowest BCUT2D eigenvalue weighted by atomic mass is 10.2. The second-order valence-electron chi connectivity index (χ2n) is 4.47. The number of aryl methyl sites for hydroxylation is 1. The van der Waals surface area contributed by atoms with Gasteiger partial charge in [0.1, 0.15) is 21.0 Å². The molecule has 1 aromatic carbocycles. The number of halogens is 1. The summed E-state index contributed by atoms with van der Waals surface area (Å²) in [5, 5.41) is 2.72. The van der Waals surface area contributed by atoms with Gasteiger partial charge in [-0.3, -0.25) is 4.79 Å². The lowest BCUT2D eigenvalue weighted by molar-refractivity contribution is 0.103. The summed E-state index contributed by atoms with van der Waals surface area (Å²) in [5.41, 5.74) is 7.94. The predicted octanol–water partition coefficient (Wildman–Crippen LogP) is 2.97. The Morgan fingerprint density at radius 3 is 2.81 bits per heavy atom. The zero-order valence-corrected chi connectivity index (χ0v) is 11.9. The molecule has 0 aliphatic rings. The van der Waals surface area contributed by atoms with Gasteiger partial charge in [-0.1, -0.05) is 0 Å². The normalized spacial score (nSPS) is 10.8. The summed E-state index contributed by atoms with van der Waals surface area (Å²) in [5.74, 6) is -0.702. The monoisotopic (exact) mass is 302 g/mol. The van der Waals surface area contributed by atoms with Crippen LogP contribution < -0.4 is 11.1 Å². The number of nitrogens with two attached hydrogens (primary N) is 1. The minimum absolute atomic E-state index is 0.306. The van der Waals surface area contributed by atoms with E-state index in [9.17, 15) is 9.18 Å². The van der Waals surface area contributed by atoms with Gasteiger partial charge in [-0.15, -0.1) is 11.3 Å². The van der Waals surface area contributed by atoms with Gasteiger partial charge in [-0.25, -0.2) is 14.4 Å². The number of aromatic nitrogens is 2. The van der Waals surface area contributed by atoms with Crippen molar-refractivity contribution in [1.82, 2.24) is 9.97 Å². The number of fused-ring (bicyclic) bond motifs is 1. The Labute approximate surface area is 123 Å². The molecule has 3 rings (SSSR count). The van der Waals surface area contributed by atoms with E-state index in [4.69, 9.17) is 5.73 Å². The van der Waals surface area contributed by atoms with Gasteiger partial charge in [0.25, 0.3) is 5.91 Å². The molecule has 3 aromatic rings. The molecule has 0 aliphatic carbocycles. The molecule has 0 atom stereocenters. The molecule has 0 aliphatic heterocycles. The Balaban J connectivity index is 1.95. The third kappa shape index (κ3) is 2.43. The number of nitrogen functional groups attached to an aromatic ring is 1. The first kappa shape index (κ1) is 13.4. The van der Waals surface area contributed by atoms with E-state index in [1.165, 1.54) is 35.7 Å². The van der Waals surface area contributed by atoms with Gasteiger partial charge in [0.2, 0.25) is 0 Å². The molecular weight excluding hydrogens is 291 g/mol. The standard InChI is InChI=1S/C14H11FN4OS/c1-7-6-8(15)2-3-9(7)19-13(20)12-10(16)11-14(21-12)18-5-4-17-11/h2-6H,16H2,1H3,(H,19,20). The minimum Gasteiger partial charge on any atom is -0.396 e. The van der Waals surface area contributed by atoms with Crippen LogP contribution in [0.2, 0.25) is 0 Å². The fraction of sp³-hybridized carbons (Fsp3) is 0.0714. The molecule has 0 bridgehead atoms. The molecule has 106 valence electrons. The Morgan fingerprint density at radius 2 is 2.10 bits per heavy atom. The van der Waals surface area contributed by atoms with Crippen LogP contribution in [0.5, 0.6) is 0 Å². The maximum absolute atomic E-state index is 13.1. The summed E-state index contributed by atoms with van der Waals surface area (Å²) in [4.78, 5) is 21.5. The van der Waals surface area contributed by atoms with Crippen LogP contribution in [-0.4, -0.2) is 15.9 Å². The number of nitrogens with one attached hydrogen (secondary N) is 1. The molecule has 0 saturated carbocycles. The number of amides is 1. The second-order valence-corrected chi connectivity index (χ2v) is 5.47. The molecular formula is C14H11FN4OS. The van der Waals surface area contributed by atoms with Crippen LogP contribution in [0.4, 0.5) is 15.8 Å². The summed E-state index contributed by atoms with van der Waals surface area (Å²) in [7, 11) is 0. The van der Waals surface area contributed by atoms with Gasteiger partial charge in [0.15, 0.2) is 0 Å². The van der Waals surface area contributed by atoms with Crippen molar-refractivity contribution < 1.29 is 9.18 Å². The maximum atomic E-state index is 13.1. The van der Waals surface area contributed by atoms with E-state index in [0.717, 1.165) is 0 Å². The van der Waals surface area contributed by atoms with Crippen LogP contribution in [0, 0.1) is 12.7 Å². The van der Waals surface area contributed by atoms with Gasteiger partial charge < -0.3 is 11.1 Å². The quantitative estimate of drug-likeness (QED) is 0.762. The van der Waals surface area contributed by atoms with Crippen LogP contribution in [0.25, 0.3) is 10.3 Å². The molecule has 1 amide bonds. The van der Waals surface area contributed by atoms with Crippen molar-refractivity contribution in [1.29, 1.82) is 0 Å². The highest BCUT2D eigenvalue weighted by Crippen LogP contribution is 2.31. The van der Waals surface area contributed by atoms with Crippen LogP contribution in [0.3, 0.4) is 0 Å². The molecule has 7 heteroatoms. The maximum Gasteiger partial charge on any atom is 0.268 e. The molecule has 2 heterocycles. The van der Waals surface area contributed by atoms with Gasteiger partial charge in [-0.2, -0.15) is 0 Å². The van der Waals surface area contributed by atoms with Crippen molar-refractivity contribution in [3.8, 4) is 0 Å². The number of carbonyl (C=O) groups excluding carboxylic acids is 1. The van der Waals surface area contributed by atoms with Crippen molar-refractivity contribution >= 4 is 39.0 Å². The van der Waals surface area contributed by atoms with Crippen molar-refractivity contribution in [3.63, 3.8) is 0 Å². The summed E-state index contributed by atoms with van der Waals surface area (Å²) in [6, 6.07) is 4.16. The number of hydrogen-bond acceptors (Lipinski definition) is 5. The molecule has 21 heavy (non-hydrogen) atoms. The number of rotatable bonds is 2. The first-order valence-corrected chi connectivity index (χ1v) is 6.94. The Bertz CT molecular complexity index is 846. The number of anilines is 2. The van der Waals surface area contributed by atoms with Crippen molar-refractivity contribution in [2.24, 2.45) is 0 Å². The highest BCUT2D eigenvalue weighted by molar-refractivity contribution is 7.21. The molecule has 5 nitrogen and oxygen atoms in total. The van der Waals surface area contributed by atoms with Crippen molar-refractivity contribution in [2.45, 2.75) is 6.92 Å². The van der Waals surface area contributed by atoms with Crippen molar-refractivity contribution in [2.75, 3.05) is 11.1 Å². The number of thiophene rings is 1. The molecule has 3 N–H and O–H groups in total. The van der Waals surface area contributed by atoms with E-state index in [1.54, 1.807) is 13.1 Å². The molecule has 2 aromatic heterocycles. The average Bonchev–Trinajstić information content (AvgIpc) is 2.80. The van der Waals surface area contributed by atoms with Gasteiger partial charge in [0.05, 0.1) is 5.69 Å². The minimum atomic E-state index is -0.355. The highest BCUT2D eigenvalue weighted by Gasteiger charge is 2.18. The van der Waals surface area contributed by atoms with Crippen LogP contribution in [-0.2, 0) is 0 Å². The van der Waals surface area contributed by atoms with Gasteiger partial charge >= 0.3 is 0 Å². The second kappa shape index (κ2) is 5.10. The smallest absolute Gasteiger partial charge is 0.268 e. The summed E-state index contributed by atoms with van der Waals surface area (Å²) >= 11 is 1.18. The number of nitrogens with zero attached hydrogens (tertiary/aromatic N) is 2. The first-order valence-electron chi connectivity index (χ1n) is 6.13. The lowest BCUT2D eigenvalue weighted by Gasteiger charge is -2.07. The fourth-order valence-corrected chi connectivity index (χ4v) is 2.88. The van der Waals surface area contributed by atoms with E-state index >= 15 is 0 Å². The SMILES string of the molecule is Cc1cc(F)ccc1NC(=O)c1sc2nccnc2c1N. The van der Waals surface area contributed by atoms with E-state index in [1.807, 2.05) is 0 Å². The third-order valence-corrected chi connectivity index (χ3v) is 4.11. The van der Waals surface area contributed by atoms with E-state index in [2.05, 4.69) is 15.3 Å². The summed E-state index contributed by atoms with van der Waals surface area (Å²) in [6.07, 6.45) is 3.07. The first-order chi connectivity index (χ1) is 10.1. The largest absolute Gasteiger partial charge is 0.396 e. The number of hydrogen-bond donors (Lipinski definition) is 2. The average molecular weight is 302 g/mol. The Hall–Kier alpha value is -2.54. The van der Waals surface area contributed by atoms with Crippen molar-refractivity contribution in [3.05, 3.63) is 46.9 Å². The molecule has 0 fully saturated rings. The Kier molecular flexibility index (Phi) is 3.26. The summed E-state index contributed by atoms with van der Waals surface area (Å²) < 4.78 is 13.1. The molecule has 0 spiro atoms. The van der Waals surface area contributed by atoms with Crippen LogP contribution in [0.15, 0.2) is 30.6 Å². The Morgan fingerprint density at radius 1 is 1.33 bits per heavy atom. The van der Waals surface area contributed by atoms with Crippen LogP contribution >= 0.6 is 11.3 Å². The number of benzene rings is 1. The zero-order chi connectivity index (χ0) is 15.0. The zero-order valence-electron chi connectivity index (χ0n) is 11.1. The van der Waals surface area contributed by atoms with Gasteiger partial charge in [0, 0.05) is 18.1 Å². The topological polar surface area (TPSA) is 80.9 Å². The van der Waals surface area contributed by atoms with Crippen LogP contribution in [0.1, 0.15) is 15.2 Å². The fourth-order valence-electron chi connectivity index (χ4n) is 1.96. The number of carbonyl (C=O) groups is 1. The summed E-state index contributed by atoms with van der Waals surface area (Å²) in [6.45, 7) is 1.72. The third-order valence-electron chi connectivity index (χ3n) is 3.01. The molecule has 0 unspecified atom stereocenters. The van der Waals surface area contributed by atoms with E-state index < -0.39 is 0 Å². The highest BCUT2D eigenvalue weighted by atomic mass is 32.1. The lowest BCUT2D eigenvalue weighted by Crippen LogP contribution is -2.13. The van der Waals surface area contributed by atoms with Gasteiger partial charge in [-0.05, 0) is 30.7 Å². The predicted molar refractivity (Wildman–Crippen MR) is 80.9 cm³/mol. The van der Waals surface area contributed by atoms with E-state index in [-0.39, 0.29) is 11.7 Å². The molecule has 0 radical (unpaired) electrons.